The van der Waals surface area contributed by atoms with E-state index in [9.17, 15) is 4.79 Å². The molecule has 0 saturated carbocycles. The molecule has 0 saturated heterocycles. The summed E-state index contributed by atoms with van der Waals surface area (Å²) in [6.45, 7) is 0. The van der Waals surface area contributed by atoms with Crippen LogP contribution in [-0.2, 0) is 5.41 Å². The van der Waals surface area contributed by atoms with Crippen molar-refractivity contribution < 1.29 is 4.79 Å². The molecule has 0 unspecified atom stereocenters. The predicted molar refractivity (Wildman–Crippen MR) is 167 cm³/mol. The molecule has 0 heterocycles. The predicted octanol–water partition coefficient (Wildman–Crippen LogP) is 6.17. The number of Topliss-reactive ketones (excluding diaryl/α,β-unsaturated/α-hetero) is 1. The molecule has 0 aromatic heterocycles. The smallest absolute Gasteiger partial charge is 0.182 e. The zero-order chi connectivity index (χ0) is 28.3. The van der Waals surface area contributed by atoms with Gasteiger partial charge in [-0.25, -0.2) is 0 Å². The minimum atomic E-state index is -1.04. The minimum Gasteiger partial charge on any atom is -0.378 e. The topological polar surface area (TPSA) is 30.0 Å². The first kappa shape index (κ1) is 27.8. The lowest BCUT2D eigenvalue weighted by atomic mass is 9.65. The molecule has 0 amide bonds. The Hall–Kier alpha value is -4.25. The summed E-state index contributed by atoms with van der Waals surface area (Å²) in [6.07, 6.45) is 0. The molecule has 5 nitrogen and oxygen atoms in total. The van der Waals surface area contributed by atoms with Gasteiger partial charge in [0.25, 0.3) is 0 Å². The van der Waals surface area contributed by atoms with Gasteiger partial charge in [-0.05, 0) is 77.4 Å². The van der Waals surface area contributed by atoms with Gasteiger partial charge in [0.1, 0.15) is 5.41 Å². The summed E-state index contributed by atoms with van der Waals surface area (Å²) >= 11 is 0. The SMILES string of the molecule is CN(C)c1ccc(C(=O)C(c2ccc(N(C)C)cc2)(c2ccc(N(C)C)cc2)c2ccc(N(C)C)cc2)cc1. The van der Waals surface area contributed by atoms with Crippen molar-refractivity contribution in [1.82, 2.24) is 0 Å². The van der Waals surface area contributed by atoms with Gasteiger partial charge in [0, 0.05) is 84.7 Å². The fourth-order valence-corrected chi connectivity index (χ4v) is 5.05. The van der Waals surface area contributed by atoms with Crippen LogP contribution in [0.5, 0.6) is 0 Å². The van der Waals surface area contributed by atoms with Crippen molar-refractivity contribution in [3.8, 4) is 0 Å². The van der Waals surface area contributed by atoms with E-state index >= 15 is 0 Å². The fourth-order valence-electron chi connectivity index (χ4n) is 5.05. The highest BCUT2D eigenvalue weighted by molar-refractivity contribution is 6.09. The molecular weight excluding hydrogens is 480 g/mol. The number of carbonyl (C=O) groups is 1. The lowest BCUT2D eigenvalue weighted by Gasteiger charge is -2.35. The van der Waals surface area contributed by atoms with E-state index in [0.29, 0.717) is 5.56 Å². The van der Waals surface area contributed by atoms with Crippen LogP contribution < -0.4 is 19.6 Å². The van der Waals surface area contributed by atoms with Crippen LogP contribution in [0.25, 0.3) is 0 Å². The first-order chi connectivity index (χ1) is 18.5. The Bertz CT molecular complexity index is 1260. The number of hydrogen-bond acceptors (Lipinski definition) is 5. The Morgan fingerprint density at radius 2 is 0.641 bits per heavy atom. The maximum Gasteiger partial charge on any atom is 0.182 e. The van der Waals surface area contributed by atoms with Crippen LogP contribution in [0.15, 0.2) is 97.1 Å². The van der Waals surface area contributed by atoms with Crippen LogP contribution in [0, 0.1) is 0 Å². The maximum absolute atomic E-state index is 15.0. The molecule has 0 aliphatic heterocycles. The molecule has 0 atom stereocenters. The van der Waals surface area contributed by atoms with Crippen molar-refractivity contribution in [2.75, 3.05) is 76.0 Å². The van der Waals surface area contributed by atoms with E-state index in [1.54, 1.807) is 0 Å². The first-order valence-electron chi connectivity index (χ1n) is 13.2. The maximum atomic E-state index is 15.0. The highest BCUT2D eigenvalue weighted by Gasteiger charge is 2.44. The van der Waals surface area contributed by atoms with E-state index in [0.717, 1.165) is 39.4 Å². The van der Waals surface area contributed by atoms with Gasteiger partial charge in [-0.3, -0.25) is 4.79 Å². The van der Waals surface area contributed by atoms with Crippen molar-refractivity contribution in [3.63, 3.8) is 0 Å². The normalized spacial score (nSPS) is 11.2. The molecule has 4 aromatic rings. The quantitative estimate of drug-likeness (QED) is 0.195. The lowest BCUT2D eigenvalue weighted by molar-refractivity contribution is 0.0935. The third-order valence-electron chi connectivity index (χ3n) is 7.44. The summed E-state index contributed by atoms with van der Waals surface area (Å²) in [5.41, 5.74) is 6.74. The Morgan fingerprint density at radius 1 is 0.410 bits per heavy atom. The molecule has 202 valence electrons. The van der Waals surface area contributed by atoms with Gasteiger partial charge in [-0.1, -0.05) is 36.4 Å². The average molecular weight is 521 g/mol. The number of benzene rings is 4. The second kappa shape index (κ2) is 11.2. The molecule has 0 aliphatic rings. The van der Waals surface area contributed by atoms with E-state index in [1.807, 2.05) is 85.5 Å². The van der Waals surface area contributed by atoms with Gasteiger partial charge >= 0.3 is 0 Å². The molecule has 0 spiro atoms. The lowest BCUT2D eigenvalue weighted by Crippen LogP contribution is -2.39. The second-order valence-electron chi connectivity index (χ2n) is 10.8. The first-order valence-corrected chi connectivity index (χ1v) is 13.2. The highest BCUT2D eigenvalue weighted by atomic mass is 16.1. The van der Waals surface area contributed by atoms with E-state index in [4.69, 9.17) is 0 Å². The van der Waals surface area contributed by atoms with Gasteiger partial charge in [0.15, 0.2) is 5.78 Å². The summed E-state index contributed by atoms with van der Waals surface area (Å²) in [7, 11) is 16.2. The summed E-state index contributed by atoms with van der Waals surface area (Å²) < 4.78 is 0. The number of ketones is 1. The average Bonchev–Trinajstić information content (AvgIpc) is 2.94. The number of carbonyl (C=O) groups excluding carboxylic acids is 1. The standard InChI is InChI=1S/C34H40N4O/c1-35(2)29-17-9-25(10-18-29)33(39)34(26-11-19-30(20-12-26)36(3)4,27-13-21-31(22-14-27)37(5)6)28-15-23-32(24-16-28)38(7)8/h9-24H,1-8H3. The highest BCUT2D eigenvalue weighted by Crippen LogP contribution is 2.43. The number of rotatable bonds is 9. The number of nitrogens with zero attached hydrogens (tertiary/aromatic N) is 4. The van der Waals surface area contributed by atoms with Crippen LogP contribution in [0.2, 0.25) is 0 Å². The fraction of sp³-hybridized carbons (Fsp3) is 0.265. The van der Waals surface area contributed by atoms with Crippen molar-refractivity contribution in [2.24, 2.45) is 0 Å². The summed E-state index contributed by atoms with van der Waals surface area (Å²) in [5, 5.41) is 0. The van der Waals surface area contributed by atoms with Gasteiger partial charge in [0.2, 0.25) is 0 Å². The molecule has 0 N–H and O–H groups in total. The van der Waals surface area contributed by atoms with Crippen LogP contribution in [0.4, 0.5) is 22.7 Å². The molecule has 4 rings (SSSR count). The third-order valence-corrected chi connectivity index (χ3v) is 7.44. The van der Waals surface area contributed by atoms with Crippen molar-refractivity contribution in [2.45, 2.75) is 5.41 Å². The molecule has 0 aliphatic carbocycles. The molecule has 0 bridgehead atoms. The molecular formula is C34H40N4O. The summed E-state index contributed by atoms with van der Waals surface area (Å²) in [6, 6.07) is 33.1. The molecule has 4 aromatic carbocycles. The monoisotopic (exact) mass is 520 g/mol. The van der Waals surface area contributed by atoms with E-state index < -0.39 is 5.41 Å². The number of hydrogen-bond donors (Lipinski definition) is 0. The zero-order valence-corrected chi connectivity index (χ0v) is 24.4. The van der Waals surface area contributed by atoms with Gasteiger partial charge in [0.05, 0.1) is 0 Å². The van der Waals surface area contributed by atoms with E-state index in [1.165, 1.54) is 0 Å². The van der Waals surface area contributed by atoms with E-state index in [2.05, 4.69) is 87.5 Å². The van der Waals surface area contributed by atoms with Gasteiger partial charge in [-0.15, -0.1) is 0 Å². The Labute approximate surface area is 233 Å². The second-order valence-corrected chi connectivity index (χ2v) is 10.8. The summed E-state index contributed by atoms with van der Waals surface area (Å²) in [5.74, 6) is 0.0422. The Balaban J connectivity index is 2.04. The minimum absolute atomic E-state index is 0.0422. The summed E-state index contributed by atoms with van der Waals surface area (Å²) in [4.78, 5) is 23.2. The van der Waals surface area contributed by atoms with Crippen LogP contribution in [0.1, 0.15) is 27.0 Å². The van der Waals surface area contributed by atoms with Crippen LogP contribution >= 0.6 is 0 Å². The van der Waals surface area contributed by atoms with Gasteiger partial charge in [-0.2, -0.15) is 0 Å². The Kier molecular flexibility index (Phi) is 8.01. The van der Waals surface area contributed by atoms with Crippen molar-refractivity contribution in [1.29, 1.82) is 0 Å². The van der Waals surface area contributed by atoms with Crippen LogP contribution in [0.3, 0.4) is 0 Å². The van der Waals surface area contributed by atoms with Gasteiger partial charge < -0.3 is 19.6 Å². The molecule has 0 fully saturated rings. The molecule has 5 heteroatoms. The zero-order valence-electron chi connectivity index (χ0n) is 24.4. The number of anilines is 4. The largest absolute Gasteiger partial charge is 0.378 e. The molecule has 0 radical (unpaired) electrons. The van der Waals surface area contributed by atoms with E-state index in [-0.39, 0.29) is 5.78 Å². The van der Waals surface area contributed by atoms with Crippen LogP contribution in [-0.4, -0.2) is 62.2 Å². The third kappa shape index (κ3) is 5.35. The molecule has 39 heavy (non-hydrogen) atoms. The van der Waals surface area contributed by atoms with Crippen molar-refractivity contribution in [3.05, 3.63) is 119 Å². The van der Waals surface area contributed by atoms with Crippen molar-refractivity contribution >= 4 is 28.5 Å². The Morgan fingerprint density at radius 3 is 0.872 bits per heavy atom.